The first-order valence-corrected chi connectivity index (χ1v) is 6.93. The van der Waals surface area contributed by atoms with Crippen LogP contribution >= 0.6 is 11.3 Å². The van der Waals surface area contributed by atoms with Gasteiger partial charge in [-0.1, -0.05) is 23.5 Å². The molecule has 1 aliphatic heterocycles. The molecule has 0 bridgehead atoms. The summed E-state index contributed by atoms with van der Waals surface area (Å²) in [7, 11) is 0. The average Bonchev–Trinajstić information content (AvgIpc) is 2.80. The number of carbonyl (C=O) groups is 1. The molecule has 19 heavy (non-hydrogen) atoms. The number of hydrogen-bond donors (Lipinski definition) is 0. The zero-order chi connectivity index (χ0) is 12.7. The Balaban J connectivity index is 0.00000133. The zero-order valence-electron chi connectivity index (χ0n) is 10.8. The highest BCUT2D eigenvalue weighted by Crippen LogP contribution is 2.30. The number of aromatic nitrogens is 1. The lowest BCUT2D eigenvalue weighted by Gasteiger charge is -2.20. The van der Waals surface area contributed by atoms with Crippen molar-refractivity contribution in [1.82, 2.24) is 0 Å². The van der Waals surface area contributed by atoms with Crippen molar-refractivity contribution in [2.24, 2.45) is 0 Å². The molecule has 1 atom stereocenters. The number of anilines is 1. The maximum Gasteiger partial charge on any atom is 0.247 e. The predicted molar refractivity (Wildman–Crippen MR) is 72.3 cm³/mol. The van der Waals surface area contributed by atoms with E-state index >= 15 is 0 Å². The van der Waals surface area contributed by atoms with E-state index < -0.39 is 0 Å². The molecule has 0 saturated heterocycles. The largest absolute Gasteiger partial charge is 1.00 e. The molecule has 0 saturated carbocycles. The Morgan fingerprint density at radius 3 is 2.89 bits per heavy atom. The second-order valence-electron chi connectivity index (χ2n) is 4.63. The van der Waals surface area contributed by atoms with Crippen LogP contribution in [0, 0.1) is 0 Å². The minimum atomic E-state index is 0. The first kappa shape index (κ1) is 14.2. The zero-order valence-corrected chi connectivity index (χ0v) is 13.2. The third-order valence-corrected chi connectivity index (χ3v) is 4.42. The number of amides is 1. The van der Waals surface area contributed by atoms with E-state index in [-0.39, 0.29) is 22.9 Å². The minimum Gasteiger partial charge on any atom is -1.00 e. The van der Waals surface area contributed by atoms with Crippen LogP contribution in [0.25, 0.3) is 5.69 Å². The number of halogens is 1. The average molecular weight is 339 g/mol. The summed E-state index contributed by atoms with van der Waals surface area (Å²) in [5.74, 6) is 0.450. The second-order valence-corrected chi connectivity index (χ2v) is 5.56. The Kier molecular flexibility index (Phi) is 4.06. The summed E-state index contributed by atoms with van der Waals surface area (Å²) in [6.45, 7) is 4.55. The van der Waals surface area contributed by atoms with Gasteiger partial charge in [0.15, 0.2) is 6.20 Å². The predicted octanol–water partition coefficient (Wildman–Crippen LogP) is -0.501. The Labute approximate surface area is 127 Å². The van der Waals surface area contributed by atoms with Gasteiger partial charge in [-0.15, -0.1) is 0 Å². The van der Waals surface area contributed by atoms with Gasteiger partial charge in [-0.25, -0.2) is 0 Å². The molecule has 1 aromatic heterocycles. The normalized spacial score (nSPS) is 16.9. The van der Waals surface area contributed by atoms with Gasteiger partial charge >= 0.3 is 0 Å². The van der Waals surface area contributed by atoms with Gasteiger partial charge in [0.25, 0.3) is 0 Å². The lowest BCUT2D eigenvalue weighted by molar-refractivity contribution is -0.598. The van der Waals surface area contributed by atoms with E-state index in [2.05, 4.69) is 29.1 Å². The summed E-state index contributed by atoms with van der Waals surface area (Å²) < 4.78 is 2.20. The highest BCUT2D eigenvalue weighted by Gasteiger charge is 2.33. The van der Waals surface area contributed by atoms with Crippen LogP contribution in [0.15, 0.2) is 35.8 Å². The Morgan fingerprint density at radius 1 is 1.42 bits per heavy atom. The number of fused-ring (bicyclic) bond motifs is 3. The van der Waals surface area contributed by atoms with Crippen LogP contribution in [-0.2, 0) is 4.79 Å². The van der Waals surface area contributed by atoms with Crippen molar-refractivity contribution in [2.75, 3.05) is 11.4 Å². The number of carbonyl (C=O) groups excluding carboxylic acids is 1. The van der Waals surface area contributed by atoms with Crippen LogP contribution in [-0.4, -0.2) is 12.5 Å². The van der Waals surface area contributed by atoms with Gasteiger partial charge in [-0.2, -0.15) is 4.57 Å². The molecule has 5 heteroatoms. The lowest BCUT2D eigenvalue weighted by atomic mass is 10.2. The number of benzene rings is 1. The molecule has 100 valence electrons. The van der Waals surface area contributed by atoms with E-state index in [1.807, 2.05) is 23.1 Å². The maximum atomic E-state index is 11.9. The highest BCUT2D eigenvalue weighted by atomic mass is 79.9. The summed E-state index contributed by atoms with van der Waals surface area (Å²) >= 11 is 1.75. The molecule has 3 rings (SSSR count). The fraction of sp³-hybridized carbons (Fsp3) is 0.286. The van der Waals surface area contributed by atoms with Gasteiger partial charge in [0, 0.05) is 19.5 Å². The van der Waals surface area contributed by atoms with Gasteiger partial charge < -0.3 is 21.9 Å². The molecule has 0 fully saturated rings. The quantitative estimate of drug-likeness (QED) is 0.594. The van der Waals surface area contributed by atoms with Crippen molar-refractivity contribution in [2.45, 2.75) is 19.8 Å². The van der Waals surface area contributed by atoms with Crippen LogP contribution in [0.3, 0.4) is 0 Å². The van der Waals surface area contributed by atoms with Crippen LogP contribution in [0.4, 0.5) is 5.69 Å². The molecule has 0 spiro atoms. The van der Waals surface area contributed by atoms with E-state index in [1.165, 1.54) is 5.01 Å². The van der Waals surface area contributed by atoms with Crippen molar-refractivity contribution < 1.29 is 26.3 Å². The molecule has 0 aliphatic carbocycles. The summed E-state index contributed by atoms with van der Waals surface area (Å²) in [6.07, 6.45) is 2.08. The van der Waals surface area contributed by atoms with Gasteiger partial charge in [0.05, 0.1) is 11.3 Å². The van der Waals surface area contributed by atoms with Crippen molar-refractivity contribution in [1.29, 1.82) is 0 Å². The molecule has 1 aliphatic rings. The fourth-order valence-electron chi connectivity index (χ4n) is 2.49. The number of para-hydroxylation sites is 2. The van der Waals surface area contributed by atoms with E-state index in [9.17, 15) is 4.79 Å². The third kappa shape index (κ3) is 2.32. The van der Waals surface area contributed by atoms with E-state index in [1.54, 1.807) is 18.3 Å². The second kappa shape index (κ2) is 5.43. The van der Waals surface area contributed by atoms with E-state index in [0.717, 1.165) is 17.9 Å². The smallest absolute Gasteiger partial charge is 0.247 e. The standard InChI is InChI=1S/C14H15N2OS.BrH/c1-10-9-16(11(2)17)13-6-4-3-5-12(13)15-7-8-18-14(10)15;/h3-8,10H,9H2,1-2H3;1H/q+1;/p-1. The first-order valence-electron chi connectivity index (χ1n) is 6.05. The SMILES string of the molecule is CC(=O)N1CC(C)c2scc[n+]2-c2ccccc21.[Br-]. The molecule has 2 aromatic rings. The van der Waals surface area contributed by atoms with Gasteiger partial charge in [0.2, 0.25) is 16.6 Å². The molecule has 2 heterocycles. The van der Waals surface area contributed by atoms with E-state index in [4.69, 9.17) is 0 Å². The molecule has 1 aromatic carbocycles. The fourth-order valence-corrected chi connectivity index (χ4v) is 3.39. The van der Waals surface area contributed by atoms with Crippen LogP contribution in [0.5, 0.6) is 0 Å². The summed E-state index contributed by atoms with van der Waals surface area (Å²) in [5, 5.41) is 3.40. The molecule has 1 amide bonds. The van der Waals surface area contributed by atoms with Crippen LogP contribution < -0.4 is 26.4 Å². The third-order valence-electron chi connectivity index (χ3n) is 3.33. The van der Waals surface area contributed by atoms with Gasteiger partial charge in [-0.3, -0.25) is 4.79 Å². The Morgan fingerprint density at radius 2 is 2.16 bits per heavy atom. The van der Waals surface area contributed by atoms with Crippen molar-refractivity contribution in [3.8, 4) is 5.69 Å². The molecule has 0 N–H and O–H groups in total. The molecule has 3 nitrogen and oxygen atoms in total. The molecular formula is C14H15BrN2OS. The topological polar surface area (TPSA) is 24.2 Å². The summed E-state index contributed by atoms with van der Waals surface area (Å²) in [5.41, 5.74) is 2.09. The Bertz CT molecular complexity index is 611. The monoisotopic (exact) mass is 338 g/mol. The first-order chi connectivity index (χ1) is 8.68. The highest BCUT2D eigenvalue weighted by molar-refractivity contribution is 7.09. The van der Waals surface area contributed by atoms with Crippen LogP contribution in [0.1, 0.15) is 24.8 Å². The van der Waals surface area contributed by atoms with E-state index in [0.29, 0.717) is 5.92 Å². The number of thiazole rings is 1. The maximum absolute atomic E-state index is 11.9. The number of nitrogens with zero attached hydrogens (tertiary/aromatic N) is 2. The van der Waals surface area contributed by atoms with Crippen molar-refractivity contribution >= 4 is 22.9 Å². The molecule has 1 unspecified atom stereocenters. The van der Waals surface area contributed by atoms with Crippen LogP contribution in [0.2, 0.25) is 0 Å². The minimum absolute atomic E-state index is 0. The van der Waals surface area contributed by atoms with Gasteiger partial charge in [-0.05, 0) is 13.0 Å². The Hall–Kier alpha value is -1.20. The lowest BCUT2D eigenvalue weighted by Crippen LogP contribution is -3.00. The summed E-state index contributed by atoms with van der Waals surface area (Å²) in [4.78, 5) is 13.7. The summed E-state index contributed by atoms with van der Waals surface area (Å²) in [6, 6.07) is 8.09. The molecule has 0 radical (unpaired) electrons. The van der Waals surface area contributed by atoms with Crippen molar-refractivity contribution in [3.63, 3.8) is 0 Å². The van der Waals surface area contributed by atoms with Gasteiger partial charge in [0.1, 0.15) is 5.69 Å². The molecular weight excluding hydrogens is 324 g/mol. The number of hydrogen-bond acceptors (Lipinski definition) is 2. The van der Waals surface area contributed by atoms with Crippen molar-refractivity contribution in [3.05, 3.63) is 40.8 Å². The number of rotatable bonds is 0.